The Morgan fingerprint density at radius 1 is 1.05 bits per heavy atom. The Kier molecular flexibility index (Phi) is 10.1. The van der Waals surface area contributed by atoms with Crippen LogP contribution in [-0.4, -0.2) is 50.1 Å². The van der Waals surface area contributed by atoms with Gasteiger partial charge in [-0.1, -0.05) is 70.9 Å². The zero-order valence-electron chi connectivity index (χ0n) is 23.6. The van der Waals surface area contributed by atoms with Crippen LogP contribution in [0.25, 0.3) is 11.5 Å². The van der Waals surface area contributed by atoms with Gasteiger partial charge in [0.25, 0.3) is 5.91 Å². The van der Waals surface area contributed by atoms with E-state index in [0.29, 0.717) is 18.4 Å². The first-order valence-corrected chi connectivity index (χ1v) is 13.4. The highest BCUT2D eigenvalue weighted by Crippen LogP contribution is 2.31. The van der Waals surface area contributed by atoms with Crippen LogP contribution in [0.15, 0.2) is 59.0 Å². The number of nitrogens with zero attached hydrogens (tertiary/aromatic N) is 3. The predicted molar refractivity (Wildman–Crippen MR) is 148 cm³/mol. The van der Waals surface area contributed by atoms with Crippen LogP contribution in [0.1, 0.15) is 71.4 Å². The highest BCUT2D eigenvalue weighted by molar-refractivity contribution is 6.38. The first-order chi connectivity index (χ1) is 18.9. The Balaban J connectivity index is 1.90. The van der Waals surface area contributed by atoms with Crippen molar-refractivity contribution in [3.8, 4) is 11.5 Å². The molecule has 0 radical (unpaired) electrons. The molecule has 2 amide bonds. The summed E-state index contributed by atoms with van der Waals surface area (Å²) < 4.78 is 19.1. The lowest BCUT2D eigenvalue weighted by Crippen LogP contribution is -2.58. The normalized spacial score (nSPS) is 13.8. The van der Waals surface area contributed by atoms with E-state index >= 15 is 0 Å². The van der Waals surface area contributed by atoms with E-state index in [-0.39, 0.29) is 24.6 Å². The lowest BCUT2D eigenvalue weighted by Gasteiger charge is -2.41. The Morgan fingerprint density at radius 2 is 1.70 bits per heavy atom. The fraction of sp³-hybridized carbons (Fsp3) is 0.433. The quantitative estimate of drug-likeness (QED) is 0.271. The summed E-state index contributed by atoms with van der Waals surface area (Å²) in [6.45, 7) is 9.25. The summed E-state index contributed by atoms with van der Waals surface area (Å²) in [5, 5.41) is 21.2. The van der Waals surface area contributed by atoms with Gasteiger partial charge in [-0.05, 0) is 48.6 Å². The summed E-state index contributed by atoms with van der Waals surface area (Å²) in [4.78, 5) is 40.5. The van der Waals surface area contributed by atoms with Crippen LogP contribution in [0, 0.1) is 11.2 Å². The van der Waals surface area contributed by atoms with Crippen LogP contribution in [0.4, 0.5) is 9.18 Å². The monoisotopic (exact) mass is 552 g/mol. The van der Waals surface area contributed by atoms with E-state index in [9.17, 15) is 23.9 Å². The van der Waals surface area contributed by atoms with Crippen molar-refractivity contribution in [3.05, 3.63) is 71.9 Å². The number of nitrogens with one attached hydrogen (secondary N) is 1. The standard InChI is InChI=1S/C30H37FN4O5/c1-6-7-13-23(26(36)27(37)32-19(2)20-11-9-8-10-12-20)35(29(38)39)24(30(3,4)5)18-25-33-34-28(40-25)21-14-16-22(31)17-15-21/h8-12,14-17,19,23-24H,6-7,13,18H2,1-5H3,(H,32,37)(H,38,39)/t19-,23+,24+/m1/s1. The van der Waals surface area contributed by atoms with Crippen LogP contribution in [0.5, 0.6) is 0 Å². The molecule has 214 valence electrons. The van der Waals surface area contributed by atoms with Crippen molar-refractivity contribution < 1.29 is 28.3 Å². The number of aromatic nitrogens is 2. The number of hydrogen-bond acceptors (Lipinski definition) is 6. The number of Topliss-reactive ketones (excluding diaryl/α,β-unsaturated/α-hetero) is 1. The Morgan fingerprint density at radius 3 is 2.27 bits per heavy atom. The Bertz CT molecular complexity index is 1290. The van der Waals surface area contributed by atoms with Gasteiger partial charge in [0.15, 0.2) is 0 Å². The number of hydrogen-bond donors (Lipinski definition) is 2. The number of amides is 2. The summed E-state index contributed by atoms with van der Waals surface area (Å²) in [6.07, 6.45) is 0.142. The van der Waals surface area contributed by atoms with Crippen LogP contribution in [0.3, 0.4) is 0 Å². The van der Waals surface area contributed by atoms with Gasteiger partial charge in [0.05, 0.1) is 6.04 Å². The predicted octanol–water partition coefficient (Wildman–Crippen LogP) is 5.82. The van der Waals surface area contributed by atoms with Gasteiger partial charge in [0, 0.05) is 18.0 Å². The Hall–Kier alpha value is -4.08. The van der Waals surface area contributed by atoms with Crippen LogP contribution in [0.2, 0.25) is 0 Å². The third-order valence-corrected chi connectivity index (χ3v) is 6.82. The van der Waals surface area contributed by atoms with Crippen molar-refractivity contribution in [2.75, 3.05) is 0 Å². The molecule has 3 aromatic rings. The largest absolute Gasteiger partial charge is 0.465 e. The molecule has 0 fully saturated rings. The fourth-order valence-corrected chi connectivity index (χ4v) is 4.55. The highest BCUT2D eigenvalue weighted by atomic mass is 19.1. The maximum absolute atomic E-state index is 13.6. The van der Waals surface area contributed by atoms with Gasteiger partial charge in [0.1, 0.15) is 11.9 Å². The van der Waals surface area contributed by atoms with Gasteiger partial charge in [-0.25, -0.2) is 9.18 Å². The van der Waals surface area contributed by atoms with Crippen molar-refractivity contribution >= 4 is 17.8 Å². The van der Waals surface area contributed by atoms with E-state index in [2.05, 4.69) is 15.5 Å². The van der Waals surface area contributed by atoms with Gasteiger partial charge in [0.2, 0.25) is 17.6 Å². The van der Waals surface area contributed by atoms with E-state index in [1.807, 2.05) is 58.0 Å². The molecule has 3 atom stereocenters. The highest BCUT2D eigenvalue weighted by Gasteiger charge is 2.43. The summed E-state index contributed by atoms with van der Waals surface area (Å²) in [7, 11) is 0. The lowest BCUT2D eigenvalue weighted by molar-refractivity contribution is -0.142. The molecule has 0 aliphatic rings. The van der Waals surface area contributed by atoms with Gasteiger partial charge < -0.3 is 14.8 Å². The fourth-order valence-electron chi connectivity index (χ4n) is 4.55. The first kappa shape index (κ1) is 30.5. The number of carbonyl (C=O) groups excluding carboxylic acids is 2. The second-order valence-corrected chi connectivity index (χ2v) is 10.9. The third-order valence-electron chi connectivity index (χ3n) is 6.82. The first-order valence-electron chi connectivity index (χ1n) is 13.4. The molecule has 1 aromatic heterocycles. The van der Waals surface area contributed by atoms with Crippen molar-refractivity contribution in [2.24, 2.45) is 5.41 Å². The van der Waals surface area contributed by atoms with Gasteiger partial charge in [-0.2, -0.15) is 0 Å². The molecule has 0 saturated carbocycles. The van der Waals surface area contributed by atoms with Crippen molar-refractivity contribution in [2.45, 2.75) is 78.4 Å². The molecule has 9 nitrogen and oxygen atoms in total. The third kappa shape index (κ3) is 7.74. The van der Waals surface area contributed by atoms with E-state index in [4.69, 9.17) is 4.42 Å². The zero-order valence-corrected chi connectivity index (χ0v) is 23.6. The molecule has 1 heterocycles. The molecule has 3 rings (SSSR count). The van der Waals surface area contributed by atoms with Gasteiger partial charge >= 0.3 is 6.09 Å². The number of rotatable bonds is 12. The Labute approximate surface area is 233 Å². The maximum Gasteiger partial charge on any atom is 0.408 e. The molecule has 0 aliphatic heterocycles. The van der Waals surface area contributed by atoms with E-state index in [1.54, 1.807) is 6.92 Å². The molecule has 0 unspecified atom stereocenters. The average Bonchev–Trinajstić information content (AvgIpc) is 3.38. The minimum absolute atomic E-state index is 0.0158. The number of carboxylic acid groups (broad SMARTS) is 1. The maximum atomic E-state index is 13.6. The molecule has 0 saturated heterocycles. The molecular weight excluding hydrogens is 515 g/mol. The molecule has 2 aromatic carbocycles. The number of halogens is 1. The summed E-state index contributed by atoms with van der Waals surface area (Å²) in [6, 6.07) is 12.3. The van der Waals surface area contributed by atoms with Crippen molar-refractivity contribution in [1.82, 2.24) is 20.4 Å². The molecule has 10 heteroatoms. The molecule has 40 heavy (non-hydrogen) atoms. The SMILES string of the molecule is CCCC[C@@H](C(=O)C(=O)N[C@H](C)c1ccccc1)N(C(=O)O)[C@@H](Cc1nnc(-c2ccc(F)cc2)o1)C(C)(C)C. The topological polar surface area (TPSA) is 126 Å². The van der Waals surface area contributed by atoms with Crippen molar-refractivity contribution in [1.29, 1.82) is 0 Å². The van der Waals surface area contributed by atoms with E-state index in [1.165, 1.54) is 24.3 Å². The second-order valence-electron chi connectivity index (χ2n) is 10.9. The minimum Gasteiger partial charge on any atom is -0.465 e. The number of ketones is 1. The number of carbonyl (C=O) groups is 3. The molecule has 0 aliphatic carbocycles. The summed E-state index contributed by atoms with van der Waals surface area (Å²) >= 11 is 0. The van der Waals surface area contributed by atoms with E-state index in [0.717, 1.165) is 10.5 Å². The number of benzene rings is 2. The molecular formula is C30H37FN4O5. The molecule has 2 N–H and O–H groups in total. The smallest absolute Gasteiger partial charge is 0.408 e. The summed E-state index contributed by atoms with van der Waals surface area (Å²) in [5.41, 5.74) is 0.675. The number of unbranched alkanes of at least 4 members (excludes halogenated alkanes) is 1. The van der Waals surface area contributed by atoms with Crippen molar-refractivity contribution in [3.63, 3.8) is 0 Å². The summed E-state index contributed by atoms with van der Waals surface area (Å²) in [5.74, 6) is -1.73. The molecule has 0 bridgehead atoms. The van der Waals surface area contributed by atoms with Crippen LogP contribution < -0.4 is 5.32 Å². The average molecular weight is 553 g/mol. The van der Waals surface area contributed by atoms with Crippen LogP contribution >= 0.6 is 0 Å². The zero-order chi connectivity index (χ0) is 29.4. The lowest BCUT2D eigenvalue weighted by atomic mass is 9.82. The van der Waals surface area contributed by atoms with Gasteiger partial charge in [-0.15, -0.1) is 10.2 Å². The minimum atomic E-state index is -1.32. The molecule has 0 spiro atoms. The van der Waals surface area contributed by atoms with Crippen LogP contribution in [-0.2, 0) is 16.0 Å². The van der Waals surface area contributed by atoms with Gasteiger partial charge in [-0.3, -0.25) is 14.5 Å². The van der Waals surface area contributed by atoms with E-state index < -0.39 is 47.1 Å². The second kappa shape index (κ2) is 13.3.